The molecule has 2 atom stereocenters. The third-order valence-corrected chi connectivity index (χ3v) is 6.96. The minimum absolute atomic E-state index is 0.152. The average molecular weight is 371 g/mol. The number of ketones is 1. The van der Waals surface area contributed by atoms with Gasteiger partial charge >= 0.3 is 0 Å². The summed E-state index contributed by atoms with van der Waals surface area (Å²) in [6.45, 7) is 1.58. The Kier molecular flexibility index (Phi) is 3.75. The van der Waals surface area contributed by atoms with Gasteiger partial charge in [-0.3, -0.25) is 14.5 Å². The summed E-state index contributed by atoms with van der Waals surface area (Å²) >= 11 is 0. The molecule has 0 N–H and O–H groups in total. The fraction of sp³-hybridized carbons (Fsp3) is 0.263. The highest BCUT2D eigenvalue weighted by Gasteiger charge is 2.59. The van der Waals surface area contributed by atoms with Crippen LogP contribution in [0, 0.1) is 0 Å². The summed E-state index contributed by atoms with van der Waals surface area (Å²) in [5, 5.41) is 0.542. The molecule has 4 rings (SSSR count). The van der Waals surface area contributed by atoms with E-state index < -0.39 is 27.2 Å². The fourth-order valence-corrected chi connectivity index (χ4v) is 5.80. The highest BCUT2D eigenvalue weighted by atomic mass is 32.2. The minimum Gasteiger partial charge on any atom is -0.368 e. The summed E-state index contributed by atoms with van der Waals surface area (Å²) in [7, 11) is -2.29. The predicted octanol–water partition coefficient (Wildman–Crippen LogP) is 1.91. The van der Waals surface area contributed by atoms with Crippen molar-refractivity contribution in [3.8, 4) is 0 Å². The number of rotatable bonds is 3. The molecule has 2 aromatic carbocycles. The van der Waals surface area contributed by atoms with E-state index in [9.17, 15) is 18.0 Å². The molecule has 0 aliphatic carbocycles. The van der Waals surface area contributed by atoms with Crippen LogP contribution in [-0.4, -0.2) is 49.3 Å². The van der Waals surface area contributed by atoms with Crippen LogP contribution in [0.4, 0.5) is 0 Å². The lowest BCUT2D eigenvalue weighted by Gasteiger charge is -2.48. The zero-order valence-electron chi connectivity index (χ0n) is 14.3. The lowest BCUT2D eigenvalue weighted by Crippen LogP contribution is -2.70. The number of hydrogen-bond donors (Lipinski definition) is 0. The van der Waals surface area contributed by atoms with Crippen LogP contribution in [0.25, 0.3) is 10.8 Å². The second-order valence-electron chi connectivity index (χ2n) is 6.55. The van der Waals surface area contributed by atoms with E-state index in [2.05, 4.69) is 0 Å². The number of ether oxygens (including phenoxy) is 1. The molecule has 1 amide bonds. The molecule has 2 aromatic rings. The summed E-state index contributed by atoms with van der Waals surface area (Å²) in [4.78, 5) is 26.8. The Morgan fingerprint density at radius 2 is 1.85 bits per heavy atom. The molecule has 2 aliphatic rings. The number of carbonyl (C=O) groups is 2. The first-order valence-corrected chi connectivity index (χ1v) is 9.88. The van der Waals surface area contributed by atoms with E-state index in [4.69, 9.17) is 4.74 Å². The molecule has 1 saturated heterocycles. The number of sulfone groups is 1. The van der Waals surface area contributed by atoms with Gasteiger partial charge in [0.2, 0.25) is 5.78 Å². The molecule has 2 aliphatic heterocycles. The molecule has 0 bridgehead atoms. The molecule has 0 spiro atoms. The van der Waals surface area contributed by atoms with Crippen molar-refractivity contribution < 1.29 is 22.7 Å². The highest BCUT2D eigenvalue weighted by molar-refractivity contribution is 7.92. The van der Waals surface area contributed by atoms with Crippen LogP contribution in [0.2, 0.25) is 0 Å². The maximum absolute atomic E-state index is 13.3. The van der Waals surface area contributed by atoms with Crippen LogP contribution in [0.3, 0.4) is 0 Å². The van der Waals surface area contributed by atoms with Crippen LogP contribution in [0.1, 0.15) is 17.3 Å². The van der Waals surface area contributed by atoms with Gasteiger partial charge in [-0.15, -0.1) is 0 Å². The van der Waals surface area contributed by atoms with Crippen LogP contribution < -0.4 is 0 Å². The van der Waals surface area contributed by atoms with Crippen molar-refractivity contribution in [3.63, 3.8) is 0 Å². The number of amides is 1. The van der Waals surface area contributed by atoms with Gasteiger partial charge < -0.3 is 4.74 Å². The fourth-order valence-electron chi connectivity index (χ4n) is 3.76. The normalized spacial score (nSPS) is 24.4. The first-order valence-electron chi connectivity index (χ1n) is 8.16. The SMILES string of the molecule is CO[C@H]1C(=O)N2C(C(=O)c3cccc4ccccc34)=C(C)CS(=O)(=O)[C@H]12. The molecule has 1 fully saturated rings. The van der Waals surface area contributed by atoms with Gasteiger partial charge in [0.25, 0.3) is 5.91 Å². The smallest absolute Gasteiger partial charge is 0.260 e. The highest BCUT2D eigenvalue weighted by Crippen LogP contribution is 2.39. The molecule has 6 nitrogen and oxygen atoms in total. The van der Waals surface area contributed by atoms with Crippen LogP contribution in [-0.2, 0) is 19.4 Å². The van der Waals surface area contributed by atoms with Crippen molar-refractivity contribution in [2.75, 3.05) is 12.9 Å². The predicted molar refractivity (Wildman–Crippen MR) is 96.2 cm³/mol. The number of methoxy groups -OCH3 is 1. The van der Waals surface area contributed by atoms with E-state index in [-0.39, 0.29) is 17.2 Å². The van der Waals surface area contributed by atoms with Gasteiger partial charge in [-0.1, -0.05) is 42.5 Å². The first-order chi connectivity index (χ1) is 12.4. The topological polar surface area (TPSA) is 80.8 Å². The summed E-state index contributed by atoms with van der Waals surface area (Å²) < 4.78 is 30.0. The molecule has 0 unspecified atom stereocenters. The Morgan fingerprint density at radius 1 is 1.15 bits per heavy atom. The van der Waals surface area contributed by atoms with Crippen LogP contribution >= 0.6 is 0 Å². The van der Waals surface area contributed by atoms with Crippen molar-refractivity contribution in [1.82, 2.24) is 4.90 Å². The summed E-state index contributed by atoms with van der Waals surface area (Å²) in [6.07, 6.45) is -1.05. The van der Waals surface area contributed by atoms with Crippen molar-refractivity contribution in [1.29, 1.82) is 0 Å². The van der Waals surface area contributed by atoms with E-state index in [1.54, 1.807) is 19.1 Å². The van der Waals surface area contributed by atoms with Gasteiger partial charge in [-0.05, 0) is 23.3 Å². The Hall–Kier alpha value is -2.51. The lowest BCUT2D eigenvalue weighted by molar-refractivity contribution is -0.158. The number of hydrogen-bond acceptors (Lipinski definition) is 5. The molecule has 0 saturated carbocycles. The van der Waals surface area contributed by atoms with E-state index in [0.717, 1.165) is 15.7 Å². The second-order valence-corrected chi connectivity index (χ2v) is 8.64. The molecule has 134 valence electrons. The van der Waals surface area contributed by atoms with Gasteiger partial charge in [0.15, 0.2) is 21.3 Å². The van der Waals surface area contributed by atoms with Crippen molar-refractivity contribution in [2.24, 2.45) is 0 Å². The molecule has 0 radical (unpaired) electrons. The Balaban J connectivity index is 1.86. The average Bonchev–Trinajstić information content (AvgIpc) is 2.61. The standard InChI is InChI=1S/C19H17NO5S/c1-11-10-26(23,24)19-17(25-2)18(22)20(19)15(11)16(21)14-9-5-7-12-6-3-4-8-13(12)14/h3-9,17,19H,10H2,1-2H3/t17-,19+/m0/s1. The Bertz CT molecular complexity index is 1080. The maximum Gasteiger partial charge on any atom is 0.260 e. The van der Waals surface area contributed by atoms with Gasteiger partial charge in [0, 0.05) is 12.7 Å². The lowest BCUT2D eigenvalue weighted by atomic mass is 9.95. The Labute approximate surface area is 151 Å². The minimum atomic E-state index is -3.59. The first kappa shape index (κ1) is 16.9. The van der Waals surface area contributed by atoms with Crippen molar-refractivity contribution in [3.05, 3.63) is 59.3 Å². The number of benzene rings is 2. The Morgan fingerprint density at radius 3 is 2.58 bits per heavy atom. The van der Waals surface area contributed by atoms with Gasteiger partial charge in [0.05, 0.1) is 11.4 Å². The number of carbonyl (C=O) groups excluding carboxylic acids is 2. The third-order valence-electron chi connectivity index (χ3n) is 4.93. The molecular weight excluding hydrogens is 354 g/mol. The number of allylic oxidation sites excluding steroid dienone is 1. The van der Waals surface area contributed by atoms with Crippen LogP contribution in [0.5, 0.6) is 0 Å². The zero-order valence-corrected chi connectivity index (χ0v) is 15.1. The van der Waals surface area contributed by atoms with Crippen molar-refractivity contribution in [2.45, 2.75) is 18.4 Å². The molecule has 0 aromatic heterocycles. The third kappa shape index (κ3) is 2.24. The number of fused-ring (bicyclic) bond motifs is 2. The number of nitrogens with zero attached hydrogens (tertiary/aromatic N) is 1. The van der Waals surface area contributed by atoms with E-state index in [1.165, 1.54) is 7.11 Å². The zero-order chi connectivity index (χ0) is 18.6. The van der Waals surface area contributed by atoms with E-state index >= 15 is 0 Å². The van der Waals surface area contributed by atoms with Crippen molar-refractivity contribution >= 4 is 32.3 Å². The van der Waals surface area contributed by atoms with Crippen LogP contribution in [0.15, 0.2) is 53.7 Å². The number of β-lactam (4-membered cyclic amide) rings is 1. The number of Topliss-reactive ketones (excluding diaryl/α,β-unsaturated/α-hetero) is 1. The monoisotopic (exact) mass is 371 g/mol. The maximum atomic E-state index is 13.3. The summed E-state index contributed by atoms with van der Waals surface area (Å²) in [5.41, 5.74) is 0.978. The van der Waals surface area contributed by atoms with E-state index in [1.807, 2.05) is 30.3 Å². The largest absolute Gasteiger partial charge is 0.368 e. The quantitative estimate of drug-likeness (QED) is 0.608. The second kappa shape index (κ2) is 5.75. The molecule has 2 heterocycles. The van der Waals surface area contributed by atoms with Gasteiger partial charge in [0.1, 0.15) is 0 Å². The molecular formula is C19H17NO5S. The molecule has 7 heteroatoms. The van der Waals surface area contributed by atoms with Gasteiger partial charge in [-0.2, -0.15) is 0 Å². The van der Waals surface area contributed by atoms with Gasteiger partial charge in [-0.25, -0.2) is 8.42 Å². The summed E-state index contributed by atoms with van der Waals surface area (Å²) in [6, 6.07) is 12.8. The summed E-state index contributed by atoms with van der Waals surface area (Å²) in [5.74, 6) is -1.10. The van der Waals surface area contributed by atoms with E-state index in [0.29, 0.717) is 11.1 Å². The molecule has 26 heavy (non-hydrogen) atoms.